The molecule has 0 N–H and O–H groups in total. The number of rotatable bonds is 6. The number of pyridine rings is 2. The standard InChI is InChI=1S/C24H34N4O2S/c1-30-20-14-22-21(25-15-20)2-3-23(29)28(22)11-10-26-8-6-24(17-26)7-9-27(18-24)16-19-4-12-31-13-5-19/h2-3,14-15,19H,4-13,16-18H2,1H3. The van der Waals surface area contributed by atoms with Gasteiger partial charge in [-0.3, -0.25) is 9.78 Å². The number of aromatic nitrogens is 2. The Morgan fingerprint density at radius 1 is 1.13 bits per heavy atom. The Morgan fingerprint density at radius 3 is 2.71 bits per heavy atom. The van der Waals surface area contributed by atoms with Gasteiger partial charge in [-0.1, -0.05) is 0 Å². The van der Waals surface area contributed by atoms with E-state index >= 15 is 0 Å². The van der Waals surface area contributed by atoms with Gasteiger partial charge in [-0.2, -0.15) is 11.8 Å². The fourth-order valence-corrected chi connectivity index (χ4v) is 6.97. The number of fused-ring (bicyclic) bond motifs is 1. The van der Waals surface area contributed by atoms with Gasteiger partial charge in [-0.05, 0) is 67.7 Å². The van der Waals surface area contributed by atoms with Crippen LogP contribution in [0.1, 0.15) is 25.7 Å². The second-order valence-electron chi connectivity index (χ2n) is 9.67. The average Bonchev–Trinajstić information content (AvgIpc) is 3.39. The molecule has 5 heterocycles. The van der Waals surface area contributed by atoms with E-state index in [2.05, 4.69) is 26.5 Å². The third kappa shape index (κ3) is 4.64. The van der Waals surface area contributed by atoms with Crippen LogP contribution in [0.25, 0.3) is 11.0 Å². The fourth-order valence-electron chi connectivity index (χ4n) is 5.76. The van der Waals surface area contributed by atoms with Gasteiger partial charge in [-0.25, -0.2) is 0 Å². The first-order chi connectivity index (χ1) is 15.1. The Bertz CT molecular complexity index is 974. The Balaban J connectivity index is 1.20. The summed E-state index contributed by atoms with van der Waals surface area (Å²) in [6.07, 6.45) is 7.14. The minimum Gasteiger partial charge on any atom is -0.495 e. The lowest BCUT2D eigenvalue weighted by Crippen LogP contribution is -2.35. The van der Waals surface area contributed by atoms with Crippen molar-refractivity contribution < 1.29 is 4.74 Å². The quantitative estimate of drug-likeness (QED) is 0.686. The van der Waals surface area contributed by atoms with Gasteiger partial charge in [0, 0.05) is 44.9 Å². The first-order valence-electron chi connectivity index (χ1n) is 11.7. The smallest absolute Gasteiger partial charge is 0.251 e. The Kier molecular flexibility index (Phi) is 6.26. The van der Waals surface area contributed by atoms with E-state index in [-0.39, 0.29) is 5.56 Å². The topological polar surface area (TPSA) is 50.6 Å². The molecule has 3 fully saturated rings. The van der Waals surface area contributed by atoms with E-state index < -0.39 is 0 Å². The number of nitrogens with zero attached hydrogens (tertiary/aromatic N) is 4. The Hall–Kier alpha value is -1.57. The first-order valence-corrected chi connectivity index (χ1v) is 12.9. The van der Waals surface area contributed by atoms with Gasteiger partial charge < -0.3 is 19.1 Å². The summed E-state index contributed by atoms with van der Waals surface area (Å²) >= 11 is 2.12. The largest absolute Gasteiger partial charge is 0.495 e. The van der Waals surface area contributed by atoms with Gasteiger partial charge in [0.05, 0.1) is 24.3 Å². The van der Waals surface area contributed by atoms with E-state index in [9.17, 15) is 4.79 Å². The molecule has 3 aliphatic heterocycles. The van der Waals surface area contributed by atoms with Gasteiger partial charge >= 0.3 is 0 Å². The molecular formula is C24H34N4O2S. The highest BCUT2D eigenvalue weighted by Gasteiger charge is 2.43. The molecule has 0 saturated carbocycles. The maximum Gasteiger partial charge on any atom is 0.251 e. The summed E-state index contributed by atoms with van der Waals surface area (Å²) in [5, 5.41) is 0. The van der Waals surface area contributed by atoms with Crippen molar-refractivity contribution in [2.24, 2.45) is 11.3 Å². The van der Waals surface area contributed by atoms with Crippen molar-refractivity contribution in [1.82, 2.24) is 19.4 Å². The van der Waals surface area contributed by atoms with E-state index in [1.54, 1.807) is 25.4 Å². The van der Waals surface area contributed by atoms with Crippen LogP contribution in [0.5, 0.6) is 5.75 Å². The third-order valence-corrected chi connectivity index (χ3v) is 8.63. The molecule has 2 aromatic rings. The van der Waals surface area contributed by atoms with Gasteiger partial charge in [0.1, 0.15) is 5.75 Å². The molecule has 31 heavy (non-hydrogen) atoms. The lowest BCUT2D eigenvalue weighted by Gasteiger charge is -2.29. The van der Waals surface area contributed by atoms with Crippen molar-refractivity contribution in [2.75, 3.05) is 57.9 Å². The van der Waals surface area contributed by atoms with Crippen molar-refractivity contribution >= 4 is 22.8 Å². The highest BCUT2D eigenvalue weighted by molar-refractivity contribution is 7.99. The lowest BCUT2D eigenvalue weighted by atomic mass is 9.86. The van der Waals surface area contributed by atoms with Crippen LogP contribution in [0.2, 0.25) is 0 Å². The Labute approximate surface area is 189 Å². The number of hydrogen-bond donors (Lipinski definition) is 0. The third-order valence-electron chi connectivity index (χ3n) is 7.58. The zero-order chi connectivity index (χ0) is 21.3. The van der Waals surface area contributed by atoms with Crippen molar-refractivity contribution in [3.05, 3.63) is 34.7 Å². The van der Waals surface area contributed by atoms with Crippen LogP contribution in [0.4, 0.5) is 0 Å². The zero-order valence-electron chi connectivity index (χ0n) is 18.6. The van der Waals surface area contributed by atoms with Crippen LogP contribution in [-0.2, 0) is 6.54 Å². The predicted octanol–water partition coefficient (Wildman–Crippen LogP) is 2.95. The van der Waals surface area contributed by atoms with Crippen molar-refractivity contribution in [2.45, 2.75) is 32.2 Å². The van der Waals surface area contributed by atoms with E-state index in [0.29, 0.717) is 17.7 Å². The molecule has 3 saturated heterocycles. The molecule has 6 nitrogen and oxygen atoms in total. The van der Waals surface area contributed by atoms with Crippen LogP contribution in [0.3, 0.4) is 0 Å². The monoisotopic (exact) mass is 442 g/mol. The second kappa shape index (κ2) is 9.12. The number of ether oxygens (including phenoxy) is 1. The summed E-state index contributed by atoms with van der Waals surface area (Å²) in [6.45, 7) is 7.78. The van der Waals surface area contributed by atoms with Crippen molar-refractivity contribution in [3.63, 3.8) is 0 Å². The van der Waals surface area contributed by atoms with E-state index in [1.165, 1.54) is 63.4 Å². The normalized spacial score (nSPS) is 25.7. The molecule has 5 rings (SSSR count). The van der Waals surface area contributed by atoms with Crippen LogP contribution < -0.4 is 10.3 Å². The lowest BCUT2D eigenvalue weighted by molar-refractivity contribution is 0.216. The van der Waals surface area contributed by atoms with Gasteiger partial charge in [0.15, 0.2) is 0 Å². The van der Waals surface area contributed by atoms with Crippen LogP contribution in [-0.4, -0.2) is 77.2 Å². The van der Waals surface area contributed by atoms with E-state index in [4.69, 9.17) is 4.74 Å². The Morgan fingerprint density at radius 2 is 1.90 bits per heavy atom. The molecule has 0 radical (unpaired) electrons. The summed E-state index contributed by atoms with van der Waals surface area (Å²) in [4.78, 5) is 22.3. The maximum atomic E-state index is 12.6. The van der Waals surface area contributed by atoms with E-state index in [0.717, 1.165) is 30.0 Å². The number of hydrogen-bond acceptors (Lipinski definition) is 6. The van der Waals surface area contributed by atoms with Crippen LogP contribution in [0.15, 0.2) is 29.2 Å². The number of thioether (sulfide) groups is 1. The molecule has 1 spiro atoms. The predicted molar refractivity (Wildman–Crippen MR) is 127 cm³/mol. The number of likely N-dealkylation sites (tertiary alicyclic amines) is 2. The highest BCUT2D eigenvalue weighted by atomic mass is 32.2. The SMILES string of the molecule is COc1cnc2ccc(=O)n(CCN3CCC4(CCN(CC5CCSCC5)C4)C3)c2c1. The molecule has 1 atom stereocenters. The second-order valence-corrected chi connectivity index (χ2v) is 10.9. The molecule has 0 aliphatic carbocycles. The molecule has 7 heteroatoms. The zero-order valence-corrected chi connectivity index (χ0v) is 19.4. The minimum atomic E-state index is 0.0362. The van der Waals surface area contributed by atoms with E-state index in [1.807, 2.05) is 10.6 Å². The molecule has 168 valence electrons. The van der Waals surface area contributed by atoms with Gasteiger partial charge in [0.2, 0.25) is 0 Å². The first kappa shape index (κ1) is 21.3. The molecule has 1 unspecified atom stereocenters. The molecule has 0 amide bonds. The van der Waals surface area contributed by atoms with Gasteiger partial charge in [0.25, 0.3) is 5.56 Å². The average molecular weight is 443 g/mol. The fraction of sp³-hybridized carbons (Fsp3) is 0.667. The molecular weight excluding hydrogens is 408 g/mol. The van der Waals surface area contributed by atoms with Crippen LogP contribution >= 0.6 is 11.8 Å². The number of methoxy groups -OCH3 is 1. The summed E-state index contributed by atoms with van der Waals surface area (Å²) < 4.78 is 7.19. The summed E-state index contributed by atoms with van der Waals surface area (Å²) in [5.74, 6) is 4.31. The summed E-state index contributed by atoms with van der Waals surface area (Å²) in [5.41, 5.74) is 2.20. The summed E-state index contributed by atoms with van der Waals surface area (Å²) in [7, 11) is 1.63. The van der Waals surface area contributed by atoms with Crippen molar-refractivity contribution in [1.29, 1.82) is 0 Å². The minimum absolute atomic E-state index is 0.0362. The maximum absolute atomic E-state index is 12.6. The highest BCUT2D eigenvalue weighted by Crippen LogP contribution is 2.40. The molecule has 2 aromatic heterocycles. The van der Waals surface area contributed by atoms with Gasteiger partial charge in [-0.15, -0.1) is 0 Å². The summed E-state index contributed by atoms with van der Waals surface area (Å²) in [6, 6.07) is 5.36. The van der Waals surface area contributed by atoms with Crippen LogP contribution in [0, 0.1) is 11.3 Å². The molecule has 0 bridgehead atoms. The van der Waals surface area contributed by atoms with Crippen molar-refractivity contribution in [3.8, 4) is 5.75 Å². The molecule has 3 aliphatic rings. The molecule has 0 aromatic carbocycles.